The molecule has 0 aliphatic heterocycles. The Bertz CT molecular complexity index is 761. The third-order valence-corrected chi connectivity index (χ3v) is 3.78. The van der Waals surface area contributed by atoms with Crippen molar-refractivity contribution in [3.63, 3.8) is 0 Å². The lowest BCUT2D eigenvalue weighted by atomic mass is 10.3. The van der Waals surface area contributed by atoms with Crippen LogP contribution in [0.4, 0.5) is 0 Å². The molecule has 21 heavy (non-hydrogen) atoms. The summed E-state index contributed by atoms with van der Waals surface area (Å²) < 4.78 is 6.19. The molecule has 3 aromatic rings. The minimum absolute atomic E-state index is 0.851. The molecule has 0 spiro atoms. The third-order valence-electron chi connectivity index (χ3n) is 3.78. The highest BCUT2D eigenvalue weighted by atomic mass is 15.3. The molecular formula is C15H20N6. The van der Waals surface area contributed by atoms with Crippen molar-refractivity contribution in [3.8, 4) is 17.3 Å². The molecule has 3 rings (SSSR count). The highest BCUT2D eigenvalue weighted by Crippen LogP contribution is 2.24. The molecule has 0 bridgehead atoms. The van der Waals surface area contributed by atoms with Crippen LogP contribution in [0.2, 0.25) is 0 Å². The minimum atomic E-state index is 0.851. The first-order valence-electron chi connectivity index (χ1n) is 7.26. The molecule has 110 valence electrons. The van der Waals surface area contributed by atoms with Crippen LogP contribution >= 0.6 is 0 Å². The molecule has 0 aliphatic rings. The smallest absolute Gasteiger partial charge is 0.181 e. The Hall–Kier alpha value is -2.37. The first kappa shape index (κ1) is 13.6. The number of nitrogens with zero attached hydrogens (tertiary/aromatic N) is 6. The van der Waals surface area contributed by atoms with E-state index < -0.39 is 0 Å². The van der Waals surface area contributed by atoms with E-state index in [1.54, 1.807) is 0 Å². The maximum Gasteiger partial charge on any atom is 0.181 e. The van der Waals surface area contributed by atoms with Crippen molar-refractivity contribution < 1.29 is 0 Å². The number of rotatable bonds is 4. The summed E-state index contributed by atoms with van der Waals surface area (Å²) in [6, 6.07) is 0. The summed E-state index contributed by atoms with van der Waals surface area (Å²) in [4.78, 5) is 8.96. The van der Waals surface area contributed by atoms with E-state index in [9.17, 15) is 0 Å². The Kier molecular flexibility index (Phi) is 3.37. The van der Waals surface area contributed by atoms with Crippen molar-refractivity contribution in [2.24, 2.45) is 0 Å². The summed E-state index contributed by atoms with van der Waals surface area (Å²) >= 11 is 0. The molecule has 0 aromatic carbocycles. The Morgan fingerprint density at radius 3 is 2.33 bits per heavy atom. The molecule has 0 aliphatic carbocycles. The van der Waals surface area contributed by atoms with E-state index in [1.165, 1.54) is 0 Å². The van der Waals surface area contributed by atoms with Gasteiger partial charge in [-0.1, -0.05) is 0 Å². The maximum atomic E-state index is 4.59. The Balaban J connectivity index is 2.18. The Labute approximate surface area is 124 Å². The third kappa shape index (κ3) is 2.07. The van der Waals surface area contributed by atoms with Crippen LogP contribution in [0.15, 0.2) is 24.8 Å². The molecule has 0 atom stereocenters. The van der Waals surface area contributed by atoms with Crippen LogP contribution in [0, 0.1) is 13.8 Å². The molecular weight excluding hydrogens is 264 g/mol. The van der Waals surface area contributed by atoms with Crippen LogP contribution in [-0.2, 0) is 13.1 Å². The number of aromatic nitrogens is 6. The highest BCUT2D eigenvalue weighted by Gasteiger charge is 2.18. The molecule has 6 nitrogen and oxygen atoms in total. The van der Waals surface area contributed by atoms with Crippen LogP contribution < -0.4 is 0 Å². The van der Waals surface area contributed by atoms with Gasteiger partial charge >= 0.3 is 0 Å². The fourth-order valence-electron chi connectivity index (χ4n) is 2.76. The Morgan fingerprint density at radius 2 is 1.67 bits per heavy atom. The van der Waals surface area contributed by atoms with Crippen molar-refractivity contribution in [2.75, 3.05) is 0 Å². The summed E-state index contributed by atoms with van der Waals surface area (Å²) in [7, 11) is 0. The number of aryl methyl sites for hydroxylation is 3. The molecule has 0 unspecified atom stereocenters. The topological polar surface area (TPSA) is 53.5 Å². The quantitative estimate of drug-likeness (QED) is 0.740. The van der Waals surface area contributed by atoms with E-state index in [-0.39, 0.29) is 0 Å². The van der Waals surface area contributed by atoms with Gasteiger partial charge in [-0.2, -0.15) is 5.10 Å². The summed E-state index contributed by atoms with van der Waals surface area (Å²) in [6.07, 6.45) is 7.57. The van der Waals surface area contributed by atoms with Gasteiger partial charge in [-0.15, -0.1) is 0 Å². The summed E-state index contributed by atoms with van der Waals surface area (Å²) in [5, 5.41) is 4.59. The van der Waals surface area contributed by atoms with Crippen LogP contribution in [0.25, 0.3) is 17.3 Å². The average molecular weight is 284 g/mol. The van der Waals surface area contributed by atoms with E-state index in [0.29, 0.717) is 0 Å². The molecule has 0 saturated carbocycles. The SMILES string of the molecule is CCn1ccnc1-c1nccn1-c1c(C)nn(CC)c1C. The normalized spacial score (nSPS) is 11.2. The van der Waals surface area contributed by atoms with Gasteiger partial charge in [-0.3, -0.25) is 9.25 Å². The minimum Gasteiger partial charge on any atom is -0.329 e. The van der Waals surface area contributed by atoms with Crippen LogP contribution in [0.3, 0.4) is 0 Å². The largest absolute Gasteiger partial charge is 0.329 e. The Morgan fingerprint density at radius 1 is 0.952 bits per heavy atom. The molecule has 0 amide bonds. The molecule has 0 saturated heterocycles. The highest BCUT2D eigenvalue weighted by molar-refractivity contribution is 5.53. The lowest BCUT2D eigenvalue weighted by molar-refractivity contribution is 0.634. The van der Waals surface area contributed by atoms with Crippen LogP contribution in [0.5, 0.6) is 0 Å². The maximum absolute atomic E-state index is 4.59. The number of hydrogen-bond donors (Lipinski definition) is 0. The second-order valence-corrected chi connectivity index (χ2v) is 4.99. The standard InChI is InChI=1S/C15H20N6/c1-5-19-9-7-16-14(19)15-17-8-10-20(15)13-11(3)18-21(6-2)12(13)4/h7-10H,5-6H2,1-4H3. The van der Waals surface area contributed by atoms with Crippen molar-refractivity contribution in [1.29, 1.82) is 0 Å². The lowest BCUT2D eigenvalue weighted by Crippen LogP contribution is -2.05. The van der Waals surface area contributed by atoms with Gasteiger partial charge in [0.1, 0.15) is 0 Å². The zero-order valence-electron chi connectivity index (χ0n) is 12.9. The second kappa shape index (κ2) is 5.20. The first-order chi connectivity index (χ1) is 10.2. The van der Waals surface area contributed by atoms with Gasteiger partial charge in [0, 0.05) is 37.9 Å². The molecule has 0 fully saturated rings. The van der Waals surface area contributed by atoms with E-state index >= 15 is 0 Å². The predicted molar refractivity (Wildman–Crippen MR) is 81.4 cm³/mol. The van der Waals surface area contributed by atoms with Crippen molar-refractivity contribution in [2.45, 2.75) is 40.8 Å². The fraction of sp³-hybridized carbons (Fsp3) is 0.400. The molecule has 3 heterocycles. The monoisotopic (exact) mass is 284 g/mol. The van der Waals surface area contributed by atoms with Gasteiger partial charge in [0.25, 0.3) is 0 Å². The van der Waals surface area contributed by atoms with E-state index in [1.807, 2.05) is 36.4 Å². The predicted octanol–water partition coefficient (Wildman–Crippen LogP) is 2.59. The van der Waals surface area contributed by atoms with E-state index in [2.05, 4.69) is 45.0 Å². The van der Waals surface area contributed by atoms with Gasteiger partial charge in [0.15, 0.2) is 11.6 Å². The van der Waals surface area contributed by atoms with Crippen LogP contribution in [-0.4, -0.2) is 28.9 Å². The van der Waals surface area contributed by atoms with E-state index in [0.717, 1.165) is 41.8 Å². The number of hydrogen-bond acceptors (Lipinski definition) is 3. The molecule has 3 aromatic heterocycles. The molecule has 0 radical (unpaired) electrons. The molecule has 0 N–H and O–H groups in total. The fourth-order valence-corrected chi connectivity index (χ4v) is 2.76. The second-order valence-electron chi connectivity index (χ2n) is 4.99. The zero-order valence-corrected chi connectivity index (χ0v) is 12.9. The summed E-state index contributed by atoms with van der Waals surface area (Å²) in [6.45, 7) is 10.1. The summed E-state index contributed by atoms with van der Waals surface area (Å²) in [5.41, 5.74) is 3.24. The van der Waals surface area contributed by atoms with Gasteiger partial charge in [-0.25, -0.2) is 9.97 Å². The lowest BCUT2D eigenvalue weighted by Gasteiger charge is -2.09. The first-order valence-corrected chi connectivity index (χ1v) is 7.26. The average Bonchev–Trinajstić information content (AvgIpc) is 3.16. The number of imidazole rings is 2. The van der Waals surface area contributed by atoms with E-state index in [4.69, 9.17) is 0 Å². The zero-order chi connectivity index (χ0) is 15.0. The summed E-state index contributed by atoms with van der Waals surface area (Å²) in [5.74, 6) is 1.73. The van der Waals surface area contributed by atoms with Gasteiger partial charge in [0.05, 0.1) is 17.1 Å². The van der Waals surface area contributed by atoms with Gasteiger partial charge in [0.2, 0.25) is 0 Å². The molecule has 6 heteroatoms. The van der Waals surface area contributed by atoms with Crippen LogP contribution in [0.1, 0.15) is 25.2 Å². The van der Waals surface area contributed by atoms with Crippen molar-refractivity contribution >= 4 is 0 Å². The van der Waals surface area contributed by atoms with Gasteiger partial charge in [-0.05, 0) is 27.7 Å². The van der Waals surface area contributed by atoms with Crippen molar-refractivity contribution in [3.05, 3.63) is 36.2 Å². The van der Waals surface area contributed by atoms with Crippen molar-refractivity contribution in [1.82, 2.24) is 28.9 Å². The van der Waals surface area contributed by atoms with Gasteiger partial charge < -0.3 is 4.57 Å².